The van der Waals surface area contributed by atoms with Gasteiger partial charge < -0.3 is 5.11 Å². The molecule has 1 aromatic heterocycles. The van der Waals surface area contributed by atoms with Gasteiger partial charge in [0.1, 0.15) is 10.4 Å². The molecule has 0 aliphatic heterocycles. The van der Waals surface area contributed by atoms with Crippen molar-refractivity contribution in [3.63, 3.8) is 0 Å². The Hall–Kier alpha value is -0.800. The zero-order chi connectivity index (χ0) is 9.42. The number of nitrogens with zero attached hydrogens (tertiary/aromatic N) is 1. The molecule has 0 fully saturated rings. The first kappa shape index (κ1) is 8.78. The van der Waals surface area contributed by atoms with Crippen molar-refractivity contribution in [2.45, 2.75) is 0 Å². The molecule has 0 saturated heterocycles. The van der Waals surface area contributed by atoms with Gasteiger partial charge in [-0.2, -0.15) is 0 Å². The highest BCUT2D eigenvalue weighted by atomic mass is 79.9. The Morgan fingerprint density at radius 2 is 2.08 bits per heavy atom. The fraction of sp³-hybridized carbons (Fsp3) is 0. The summed E-state index contributed by atoms with van der Waals surface area (Å²) in [6.07, 6.45) is 0. The average Bonchev–Trinajstić information content (AvgIpc) is 2.08. The fourth-order valence-corrected chi connectivity index (χ4v) is 1.60. The van der Waals surface area contributed by atoms with E-state index in [-0.39, 0.29) is 5.75 Å². The largest absolute Gasteiger partial charge is 0.505 e. The van der Waals surface area contributed by atoms with E-state index < -0.39 is 0 Å². The SMILES string of the molecule is Oc1cc2cc(Cl)ccc2nc1Br. The summed E-state index contributed by atoms with van der Waals surface area (Å²) in [7, 11) is 0. The molecule has 2 aromatic rings. The fourth-order valence-electron chi connectivity index (χ4n) is 1.11. The van der Waals surface area contributed by atoms with Crippen molar-refractivity contribution in [1.82, 2.24) is 4.98 Å². The predicted molar refractivity (Wildman–Crippen MR) is 56.1 cm³/mol. The lowest BCUT2D eigenvalue weighted by Gasteiger charge is -2.00. The minimum absolute atomic E-state index is 0.120. The van der Waals surface area contributed by atoms with Crippen LogP contribution in [0.2, 0.25) is 5.02 Å². The van der Waals surface area contributed by atoms with Gasteiger partial charge in [0.2, 0.25) is 0 Å². The normalized spacial score (nSPS) is 10.6. The number of hydrogen-bond donors (Lipinski definition) is 1. The van der Waals surface area contributed by atoms with E-state index in [4.69, 9.17) is 11.6 Å². The molecule has 0 spiro atoms. The van der Waals surface area contributed by atoms with Crippen LogP contribution in [0.1, 0.15) is 0 Å². The zero-order valence-electron chi connectivity index (χ0n) is 6.46. The van der Waals surface area contributed by atoms with E-state index >= 15 is 0 Å². The summed E-state index contributed by atoms with van der Waals surface area (Å²) in [5.74, 6) is 0.120. The first-order chi connectivity index (χ1) is 6.16. The van der Waals surface area contributed by atoms with E-state index in [9.17, 15) is 5.11 Å². The maximum Gasteiger partial charge on any atom is 0.148 e. The molecule has 0 bridgehead atoms. The summed E-state index contributed by atoms with van der Waals surface area (Å²) < 4.78 is 0.447. The van der Waals surface area contributed by atoms with Gasteiger partial charge in [0.05, 0.1) is 5.52 Å². The summed E-state index contributed by atoms with van der Waals surface area (Å²) in [5.41, 5.74) is 0.800. The Morgan fingerprint density at radius 3 is 2.85 bits per heavy atom. The average molecular weight is 259 g/mol. The number of aromatic hydroxyl groups is 1. The van der Waals surface area contributed by atoms with Crippen molar-refractivity contribution < 1.29 is 5.11 Å². The molecule has 1 N–H and O–H groups in total. The van der Waals surface area contributed by atoms with E-state index in [1.165, 1.54) is 0 Å². The standard InChI is InChI=1S/C9H5BrClNO/c10-9-8(13)4-5-3-6(11)1-2-7(5)12-9/h1-4,13H. The van der Waals surface area contributed by atoms with Gasteiger partial charge in [-0.25, -0.2) is 4.98 Å². The molecule has 0 atom stereocenters. The van der Waals surface area contributed by atoms with Crippen molar-refractivity contribution in [1.29, 1.82) is 0 Å². The number of hydrogen-bond acceptors (Lipinski definition) is 2. The highest BCUT2D eigenvalue weighted by Crippen LogP contribution is 2.27. The van der Waals surface area contributed by atoms with Gasteiger partial charge in [0.25, 0.3) is 0 Å². The maximum atomic E-state index is 9.36. The van der Waals surface area contributed by atoms with Gasteiger partial charge in [-0.1, -0.05) is 11.6 Å². The topological polar surface area (TPSA) is 33.1 Å². The van der Waals surface area contributed by atoms with Crippen LogP contribution in [0.5, 0.6) is 5.75 Å². The van der Waals surface area contributed by atoms with E-state index in [0.717, 1.165) is 10.9 Å². The molecule has 0 aliphatic rings. The van der Waals surface area contributed by atoms with Crippen LogP contribution in [0, 0.1) is 0 Å². The molecule has 0 amide bonds. The summed E-state index contributed by atoms with van der Waals surface area (Å²) in [6.45, 7) is 0. The van der Waals surface area contributed by atoms with E-state index in [0.29, 0.717) is 9.63 Å². The van der Waals surface area contributed by atoms with Crippen molar-refractivity contribution in [2.75, 3.05) is 0 Å². The van der Waals surface area contributed by atoms with Gasteiger partial charge in [0, 0.05) is 10.4 Å². The van der Waals surface area contributed by atoms with Gasteiger partial charge in [-0.3, -0.25) is 0 Å². The third-order valence-corrected chi connectivity index (χ3v) is 2.53. The van der Waals surface area contributed by atoms with Crippen molar-refractivity contribution in [2.24, 2.45) is 0 Å². The van der Waals surface area contributed by atoms with Crippen molar-refractivity contribution >= 4 is 38.4 Å². The van der Waals surface area contributed by atoms with Crippen LogP contribution in [-0.2, 0) is 0 Å². The van der Waals surface area contributed by atoms with Gasteiger partial charge in [0.15, 0.2) is 0 Å². The van der Waals surface area contributed by atoms with E-state index in [1.807, 2.05) is 6.07 Å². The Balaban J connectivity index is 2.81. The molecule has 2 nitrogen and oxygen atoms in total. The summed E-state index contributed by atoms with van der Waals surface area (Å²) in [4.78, 5) is 4.12. The number of pyridine rings is 1. The first-order valence-corrected chi connectivity index (χ1v) is 4.79. The van der Waals surface area contributed by atoms with Crippen LogP contribution in [0.4, 0.5) is 0 Å². The Kier molecular flexibility index (Phi) is 2.14. The second kappa shape index (κ2) is 3.16. The molecular formula is C9H5BrClNO. The smallest absolute Gasteiger partial charge is 0.148 e. The summed E-state index contributed by atoms with van der Waals surface area (Å²) in [5, 5.41) is 10.8. The van der Waals surface area contributed by atoms with Crippen LogP contribution in [0.3, 0.4) is 0 Å². The van der Waals surface area contributed by atoms with E-state index in [2.05, 4.69) is 20.9 Å². The van der Waals surface area contributed by atoms with Gasteiger partial charge in [-0.15, -0.1) is 0 Å². The summed E-state index contributed by atoms with van der Waals surface area (Å²) >= 11 is 8.93. The molecule has 13 heavy (non-hydrogen) atoms. The van der Waals surface area contributed by atoms with Crippen LogP contribution in [0.25, 0.3) is 10.9 Å². The highest BCUT2D eigenvalue weighted by molar-refractivity contribution is 9.10. The van der Waals surface area contributed by atoms with Crippen molar-refractivity contribution in [3.05, 3.63) is 33.9 Å². The monoisotopic (exact) mass is 257 g/mol. The molecule has 0 aliphatic carbocycles. The summed E-state index contributed by atoms with van der Waals surface area (Å²) in [6, 6.07) is 6.95. The number of halogens is 2. The number of fused-ring (bicyclic) bond motifs is 1. The second-order valence-electron chi connectivity index (χ2n) is 2.64. The lowest BCUT2D eigenvalue weighted by atomic mass is 10.2. The molecule has 0 radical (unpaired) electrons. The number of rotatable bonds is 0. The molecule has 66 valence electrons. The molecule has 1 heterocycles. The Labute approximate surface area is 88.3 Å². The molecule has 1 aromatic carbocycles. The quantitative estimate of drug-likeness (QED) is 0.735. The molecule has 2 rings (SSSR count). The molecule has 0 unspecified atom stereocenters. The molecule has 4 heteroatoms. The second-order valence-corrected chi connectivity index (χ2v) is 3.82. The number of benzene rings is 1. The lowest BCUT2D eigenvalue weighted by Crippen LogP contribution is -1.80. The van der Waals surface area contributed by atoms with Crippen molar-refractivity contribution in [3.8, 4) is 5.75 Å². The molecular weight excluding hydrogens is 253 g/mol. The maximum absolute atomic E-state index is 9.36. The van der Waals surface area contributed by atoms with Crippen LogP contribution in [-0.4, -0.2) is 10.1 Å². The van der Waals surface area contributed by atoms with Crippen LogP contribution in [0.15, 0.2) is 28.9 Å². The van der Waals surface area contributed by atoms with Crippen LogP contribution < -0.4 is 0 Å². The third-order valence-electron chi connectivity index (χ3n) is 1.71. The Bertz CT molecular complexity index is 472. The minimum Gasteiger partial charge on any atom is -0.505 e. The van der Waals surface area contributed by atoms with Crippen LogP contribution >= 0.6 is 27.5 Å². The number of aromatic nitrogens is 1. The minimum atomic E-state index is 0.120. The highest BCUT2D eigenvalue weighted by Gasteiger charge is 2.02. The zero-order valence-corrected chi connectivity index (χ0v) is 8.80. The van der Waals surface area contributed by atoms with E-state index in [1.54, 1.807) is 18.2 Å². The molecule has 0 saturated carbocycles. The predicted octanol–water partition coefficient (Wildman–Crippen LogP) is 3.36. The van der Waals surface area contributed by atoms with Gasteiger partial charge >= 0.3 is 0 Å². The van der Waals surface area contributed by atoms with Gasteiger partial charge in [-0.05, 0) is 40.2 Å². The third kappa shape index (κ3) is 1.62. The Morgan fingerprint density at radius 1 is 1.31 bits per heavy atom. The first-order valence-electron chi connectivity index (χ1n) is 3.61. The lowest BCUT2D eigenvalue weighted by molar-refractivity contribution is 0.470.